The van der Waals surface area contributed by atoms with E-state index in [0.717, 1.165) is 11.1 Å². The molecule has 0 unspecified atom stereocenters. The maximum Gasteiger partial charge on any atom is 0.242 e. The zero-order valence-electron chi connectivity index (χ0n) is 11.5. The number of carbonyl (C=O) groups excluding carboxylic acids is 1. The number of halogens is 3. The van der Waals surface area contributed by atoms with Crippen LogP contribution in [0, 0.1) is 5.82 Å². The van der Waals surface area contributed by atoms with Gasteiger partial charge in [-0.2, -0.15) is 0 Å². The summed E-state index contributed by atoms with van der Waals surface area (Å²) in [5.74, 6) is -0.465. The van der Waals surface area contributed by atoms with Crippen LogP contribution in [0.5, 0.6) is 0 Å². The highest BCUT2D eigenvalue weighted by Crippen LogP contribution is 2.39. The van der Waals surface area contributed by atoms with Crippen molar-refractivity contribution >= 4 is 29.1 Å². The maximum atomic E-state index is 13.0. The van der Waals surface area contributed by atoms with E-state index in [1.165, 1.54) is 12.1 Å². The largest absolute Gasteiger partial charge is 0.328 e. The van der Waals surface area contributed by atoms with Crippen LogP contribution >= 0.6 is 23.2 Å². The van der Waals surface area contributed by atoms with E-state index in [-0.39, 0.29) is 17.8 Å². The lowest BCUT2D eigenvalue weighted by atomic mass is 9.88. The summed E-state index contributed by atoms with van der Waals surface area (Å²) in [5.41, 5.74) is 7.53. The highest BCUT2D eigenvalue weighted by Gasteiger charge is 2.46. The lowest BCUT2D eigenvalue weighted by Crippen LogP contribution is -2.62. The van der Waals surface area contributed by atoms with Crippen molar-refractivity contribution in [1.82, 2.24) is 4.90 Å². The highest BCUT2D eigenvalue weighted by molar-refractivity contribution is 6.35. The molecule has 1 fully saturated rings. The lowest BCUT2D eigenvalue weighted by molar-refractivity contribution is -0.150. The molecule has 0 aromatic heterocycles. The van der Waals surface area contributed by atoms with Gasteiger partial charge < -0.3 is 10.6 Å². The molecule has 2 aromatic rings. The molecule has 3 rings (SSSR count). The Labute approximate surface area is 137 Å². The Morgan fingerprint density at radius 1 is 1.14 bits per heavy atom. The molecule has 1 amide bonds. The number of hydrogen-bond acceptors (Lipinski definition) is 2. The van der Waals surface area contributed by atoms with Crippen LogP contribution in [0.15, 0.2) is 42.5 Å². The minimum absolute atomic E-state index is 0.152. The minimum Gasteiger partial charge on any atom is -0.328 e. The molecule has 1 heterocycles. The monoisotopic (exact) mass is 338 g/mol. The van der Waals surface area contributed by atoms with Crippen molar-refractivity contribution < 1.29 is 9.18 Å². The third-order valence-corrected chi connectivity index (χ3v) is 4.35. The van der Waals surface area contributed by atoms with E-state index in [9.17, 15) is 9.18 Å². The van der Waals surface area contributed by atoms with Gasteiger partial charge in [0.05, 0.1) is 6.04 Å². The van der Waals surface area contributed by atoms with Crippen molar-refractivity contribution in [3.05, 3.63) is 69.5 Å². The highest BCUT2D eigenvalue weighted by atomic mass is 35.5. The first-order valence-corrected chi connectivity index (χ1v) is 7.48. The fraction of sp³-hybridized carbons (Fsp3) is 0.188. The molecule has 0 saturated carbocycles. The van der Waals surface area contributed by atoms with E-state index in [1.807, 2.05) is 0 Å². The van der Waals surface area contributed by atoms with Crippen molar-refractivity contribution in [1.29, 1.82) is 0 Å². The van der Waals surface area contributed by atoms with Gasteiger partial charge in [-0.25, -0.2) is 4.39 Å². The first-order valence-electron chi connectivity index (χ1n) is 6.73. The van der Waals surface area contributed by atoms with Crippen LogP contribution in [0.4, 0.5) is 4.39 Å². The molecule has 22 heavy (non-hydrogen) atoms. The average Bonchev–Trinajstić information content (AvgIpc) is 2.50. The third-order valence-electron chi connectivity index (χ3n) is 3.79. The minimum atomic E-state index is -0.626. The number of likely N-dealkylation sites (tertiary alicyclic amines) is 1. The Kier molecular flexibility index (Phi) is 4.08. The van der Waals surface area contributed by atoms with Crippen LogP contribution < -0.4 is 5.73 Å². The van der Waals surface area contributed by atoms with Gasteiger partial charge in [0.2, 0.25) is 5.91 Å². The first-order chi connectivity index (χ1) is 10.5. The molecule has 2 N–H and O–H groups in total. The molecule has 114 valence electrons. The van der Waals surface area contributed by atoms with Crippen LogP contribution in [0.1, 0.15) is 17.2 Å². The molecule has 1 saturated heterocycles. The van der Waals surface area contributed by atoms with Gasteiger partial charge in [0, 0.05) is 16.6 Å². The Morgan fingerprint density at radius 2 is 1.82 bits per heavy atom. The third kappa shape index (κ3) is 2.70. The molecule has 1 aliphatic heterocycles. The van der Waals surface area contributed by atoms with E-state index in [2.05, 4.69) is 0 Å². The lowest BCUT2D eigenvalue weighted by Gasteiger charge is -2.46. The zero-order chi connectivity index (χ0) is 15.9. The maximum absolute atomic E-state index is 13.0. The van der Waals surface area contributed by atoms with Gasteiger partial charge >= 0.3 is 0 Å². The van der Waals surface area contributed by atoms with Crippen molar-refractivity contribution in [3.8, 4) is 0 Å². The fourth-order valence-corrected chi connectivity index (χ4v) is 3.16. The topological polar surface area (TPSA) is 46.3 Å². The quantitative estimate of drug-likeness (QED) is 0.870. The summed E-state index contributed by atoms with van der Waals surface area (Å²) < 4.78 is 13.0. The van der Waals surface area contributed by atoms with Gasteiger partial charge in [-0.3, -0.25) is 4.79 Å². The van der Waals surface area contributed by atoms with Gasteiger partial charge in [-0.15, -0.1) is 0 Å². The predicted molar refractivity (Wildman–Crippen MR) is 84.1 cm³/mol. The molecule has 0 bridgehead atoms. The summed E-state index contributed by atoms with van der Waals surface area (Å²) in [4.78, 5) is 13.7. The van der Waals surface area contributed by atoms with Crippen LogP contribution in [-0.4, -0.2) is 16.8 Å². The number of nitrogens with zero attached hydrogens (tertiary/aromatic N) is 1. The number of rotatable bonds is 3. The van der Waals surface area contributed by atoms with Crippen LogP contribution in [0.2, 0.25) is 10.0 Å². The predicted octanol–water partition coefficient (Wildman–Crippen LogP) is 3.54. The average molecular weight is 339 g/mol. The molecule has 0 spiro atoms. The van der Waals surface area contributed by atoms with Crippen LogP contribution in [0.25, 0.3) is 0 Å². The SMILES string of the molecule is N[C@H]1C(=O)N(Cc2ccc(F)cc2)[C@@H]1c1ccc(Cl)cc1Cl. The summed E-state index contributed by atoms with van der Waals surface area (Å²) in [6, 6.07) is 10.2. The standard InChI is InChI=1S/C16H13Cl2FN2O/c17-10-3-6-12(13(18)7-10)15-14(20)16(22)21(15)8-9-1-4-11(19)5-2-9/h1-7,14-15H,8,20H2/t14-,15-/m1/s1. The van der Waals surface area contributed by atoms with Gasteiger partial charge in [0.25, 0.3) is 0 Å². The van der Waals surface area contributed by atoms with Gasteiger partial charge in [-0.1, -0.05) is 41.4 Å². The molecule has 2 atom stereocenters. The first kappa shape index (κ1) is 15.3. The number of nitrogens with two attached hydrogens (primary N) is 1. The normalized spacial score (nSPS) is 20.9. The molecular weight excluding hydrogens is 326 g/mol. The Morgan fingerprint density at radius 3 is 2.45 bits per heavy atom. The van der Waals surface area contributed by atoms with Crippen molar-refractivity contribution in [2.75, 3.05) is 0 Å². The van der Waals surface area contributed by atoms with Gasteiger partial charge in [0.1, 0.15) is 11.9 Å². The molecule has 3 nitrogen and oxygen atoms in total. The number of benzene rings is 2. The van der Waals surface area contributed by atoms with E-state index >= 15 is 0 Å². The van der Waals surface area contributed by atoms with E-state index in [0.29, 0.717) is 16.6 Å². The number of hydrogen-bond donors (Lipinski definition) is 1. The summed E-state index contributed by atoms with van der Waals surface area (Å²) in [5, 5.41) is 1.00. The second-order valence-corrected chi connectivity index (χ2v) is 6.07. The molecule has 6 heteroatoms. The Bertz CT molecular complexity index is 721. The number of amides is 1. The van der Waals surface area contributed by atoms with E-state index < -0.39 is 6.04 Å². The zero-order valence-corrected chi connectivity index (χ0v) is 13.0. The Hall–Kier alpha value is -1.62. The summed E-state index contributed by atoms with van der Waals surface area (Å²) >= 11 is 12.1. The second-order valence-electron chi connectivity index (χ2n) is 5.23. The molecule has 2 aromatic carbocycles. The number of β-lactam (4-membered cyclic amide) rings is 1. The second kappa shape index (κ2) is 5.88. The Balaban J connectivity index is 1.86. The number of carbonyl (C=O) groups is 1. The summed E-state index contributed by atoms with van der Waals surface area (Å²) in [6.45, 7) is 0.358. The molecule has 1 aliphatic rings. The van der Waals surface area contributed by atoms with E-state index in [4.69, 9.17) is 28.9 Å². The van der Waals surface area contributed by atoms with Crippen molar-refractivity contribution in [3.63, 3.8) is 0 Å². The van der Waals surface area contributed by atoms with Crippen LogP contribution in [-0.2, 0) is 11.3 Å². The van der Waals surface area contributed by atoms with Gasteiger partial charge in [0.15, 0.2) is 0 Å². The van der Waals surface area contributed by atoms with Crippen LogP contribution in [0.3, 0.4) is 0 Å². The van der Waals surface area contributed by atoms with Crippen molar-refractivity contribution in [2.45, 2.75) is 18.6 Å². The molecular formula is C16H13Cl2FN2O. The summed E-state index contributed by atoms with van der Waals surface area (Å²) in [6.07, 6.45) is 0. The van der Waals surface area contributed by atoms with E-state index in [1.54, 1.807) is 35.2 Å². The van der Waals surface area contributed by atoms with Gasteiger partial charge in [-0.05, 0) is 35.4 Å². The molecule has 0 radical (unpaired) electrons. The van der Waals surface area contributed by atoms with Crippen molar-refractivity contribution in [2.24, 2.45) is 5.73 Å². The molecule has 0 aliphatic carbocycles. The summed E-state index contributed by atoms with van der Waals surface area (Å²) in [7, 11) is 0. The fourth-order valence-electron chi connectivity index (χ4n) is 2.64. The smallest absolute Gasteiger partial charge is 0.242 e.